The summed E-state index contributed by atoms with van der Waals surface area (Å²) in [6.07, 6.45) is -5.24. The maximum absolute atomic E-state index is 13.0. The van der Waals surface area contributed by atoms with Gasteiger partial charge >= 0.3 is 11.9 Å². The van der Waals surface area contributed by atoms with Crippen LogP contribution in [-0.4, -0.2) is 58.9 Å². The average molecular weight is 553 g/mol. The van der Waals surface area contributed by atoms with Crippen LogP contribution in [0.15, 0.2) is 75.9 Å². The number of Topliss-reactive ketones (excluding diaryl/α,β-unsaturated/α-hetero) is 1. The number of alkyl halides is 3. The first-order valence-electron chi connectivity index (χ1n) is 12.7. The summed E-state index contributed by atoms with van der Waals surface area (Å²) in [7, 11) is 0. The Morgan fingerprint density at radius 1 is 1.02 bits per heavy atom. The first-order chi connectivity index (χ1) is 19.1. The van der Waals surface area contributed by atoms with E-state index in [0.29, 0.717) is 53.8 Å². The molecule has 4 aromatic rings. The number of hydrogen-bond acceptors (Lipinski definition) is 6. The lowest BCUT2D eigenvalue weighted by Gasteiger charge is -2.43. The molecule has 1 aromatic heterocycles. The predicted molar refractivity (Wildman–Crippen MR) is 139 cm³/mol. The van der Waals surface area contributed by atoms with Gasteiger partial charge in [0.25, 0.3) is 0 Å². The Balaban J connectivity index is 1.29. The van der Waals surface area contributed by atoms with Crippen molar-refractivity contribution in [3.8, 4) is 11.1 Å². The Morgan fingerprint density at radius 3 is 2.50 bits per heavy atom. The number of piperazine rings is 1. The summed E-state index contributed by atoms with van der Waals surface area (Å²) in [6, 6.07) is 16.3. The van der Waals surface area contributed by atoms with Crippen LogP contribution in [0.5, 0.6) is 0 Å². The summed E-state index contributed by atoms with van der Waals surface area (Å²) in [5.41, 5.74) is 2.56. The number of aromatic amines is 1. The first-order valence-corrected chi connectivity index (χ1v) is 12.7. The topological polar surface area (TPSA) is 110 Å². The van der Waals surface area contributed by atoms with E-state index >= 15 is 0 Å². The molecular formula is C29H25F3N3O5-. The summed E-state index contributed by atoms with van der Waals surface area (Å²) in [4.78, 5) is 41.9. The van der Waals surface area contributed by atoms with Crippen molar-refractivity contribution in [2.45, 2.75) is 25.1 Å². The number of hydrogen-bond donors (Lipinski definition) is 1. The van der Waals surface area contributed by atoms with Crippen molar-refractivity contribution < 1.29 is 32.3 Å². The lowest BCUT2D eigenvalue weighted by Crippen LogP contribution is -2.59. The van der Waals surface area contributed by atoms with E-state index in [1.807, 2.05) is 11.0 Å². The minimum absolute atomic E-state index is 0.141. The number of ketones is 1. The van der Waals surface area contributed by atoms with Gasteiger partial charge in [-0.15, -0.1) is 0 Å². The number of aromatic nitrogens is 1. The quantitative estimate of drug-likeness (QED) is 0.348. The number of carbonyl (C=O) groups is 2. The van der Waals surface area contributed by atoms with Crippen molar-refractivity contribution in [3.63, 3.8) is 0 Å². The van der Waals surface area contributed by atoms with Gasteiger partial charge in [-0.05, 0) is 53.4 Å². The smallest absolute Gasteiger partial charge is 0.417 e. The third-order valence-corrected chi connectivity index (χ3v) is 7.20. The monoisotopic (exact) mass is 552 g/mol. The number of carboxylic acid groups (broad SMARTS) is 1. The van der Waals surface area contributed by atoms with E-state index in [2.05, 4.69) is 4.98 Å². The minimum Gasteiger partial charge on any atom is -0.530 e. The highest BCUT2D eigenvalue weighted by Crippen LogP contribution is 2.32. The standard InChI is InChI=1S/C29H26F3N3O5/c30-29(31,32)21-8-5-18(6-9-21)23-4-2-1-3-19(23)15-22-17-34(13-14-35(22)28(38)39)12-11-25(36)20-7-10-24-26(16-20)40-27(37)33-24/h1-10,16,22H,11-15,17H2,(H,33,37)(H,38,39)/p-1. The van der Waals surface area contributed by atoms with Crippen LogP contribution in [0, 0.1) is 0 Å². The largest absolute Gasteiger partial charge is 0.530 e. The second kappa shape index (κ2) is 11.0. The summed E-state index contributed by atoms with van der Waals surface area (Å²) < 4.78 is 44.1. The van der Waals surface area contributed by atoms with Crippen LogP contribution < -0.4 is 10.9 Å². The van der Waals surface area contributed by atoms with Gasteiger partial charge in [-0.25, -0.2) is 4.79 Å². The van der Waals surface area contributed by atoms with Crippen LogP contribution in [0.3, 0.4) is 0 Å². The van der Waals surface area contributed by atoms with Crippen molar-refractivity contribution in [2.75, 3.05) is 26.2 Å². The van der Waals surface area contributed by atoms with E-state index in [4.69, 9.17) is 4.42 Å². The predicted octanol–water partition coefficient (Wildman–Crippen LogP) is 3.95. The molecule has 8 nitrogen and oxygen atoms in total. The highest BCUT2D eigenvalue weighted by atomic mass is 19.4. The van der Waals surface area contributed by atoms with Crippen LogP contribution in [0.4, 0.5) is 18.0 Å². The van der Waals surface area contributed by atoms with Gasteiger partial charge < -0.3 is 19.2 Å². The molecule has 1 aliphatic heterocycles. The molecule has 3 aromatic carbocycles. The Labute approximate surface area is 226 Å². The maximum Gasteiger partial charge on any atom is 0.417 e. The number of nitrogens with zero attached hydrogens (tertiary/aromatic N) is 2. The molecular weight excluding hydrogens is 527 g/mol. The van der Waals surface area contributed by atoms with E-state index in [9.17, 15) is 32.7 Å². The fraction of sp³-hybridized carbons (Fsp3) is 0.276. The van der Waals surface area contributed by atoms with Crippen molar-refractivity contribution in [2.24, 2.45) is 0 Å². The number of rotatable bonds is 7. The molecule has 1 aliphatic rings. The number of amides is 1. The molecule has 1 saturated heterocycles. The van der Waals surface area contributed by atoms with Gasteiger partial charge in [0, 0.05) is 44.2 Å². The maximum atomic E-state index is 13.0. The summed E-state index contributed by atoms with van der Waals surface area (Å²) in [5.74, 6) is -0.742. The highest BCUT2D eigenvalue weighted by Gasteiger charge is 2.31. The lowest BCUT2D eigenvalue weighted by molar-refractivity contribution is -0.269. The van der Waals surface area contributed by atoms with E-state index in [0.717, 1.165) is 17.7 Å². The van der Waals surface area contributed by atoms with Crippen LogP contribution >= 0.6 is 0 Å². The molecule has 2 heterocycles. The second-order valence-electron chi connectivity index (χ2n) is 9.75. The van der Waals surface area contributed by atoms with Crippen LogP contribution in [0.1, 0.15) is 27.9 Å². The number of halogens is 3. The fourth-order valence-corrected chi connectivity index (χ4v) is 5.13. The third-order valence-electron chi connectivity index (χ3n) is 7.20. The zero-order valence-corrected chi connectivity index (χ0v) is 21.2. The van der Waals surface area contributed by atoms with Gasteiger partial charge in [-0.2, -0.15) is 13.2 Å². The van der Waals surface area contributed by atoms with E-state index in [1.165, 1.54) is 23.1 Å². The minimum atomic E-state index is -4.44. The molecule has 40 heavy (non-hydrogen) atoms. The van der Waals surface area contributed by atoms with Crippen molar-refractivity contribution in [1.82, 2.24) is 14.8 Å². The van der Waals surface area contributed by atoms with Crippen molar-refractivity contribution in [1.29, 1.82) is 0 Å². The molecule has 11 heteroatoms. The molecule has 0 radical (unpaired) electrons. The Bertz CT molecular complexity index is 1590. The van der Waals surface area contributed by atoms with Crippen LogP contribution in [0.2, 0.25) is 0 Å². The number of fused-ring (bicyclic) bond motifs is 1. The summed E-state index contributed by atoms with van der Waals surface area (Å²) >= 11 is 0. The van der Waals surface area contributed by atoms with E-state index < -0.39 is 29.6 Å². The zero-order valence-electron chi connectivity index (χ0n) is 21.2. The number of oxazole rings is 1. The molecule has 1 atom stereocenters. The number of nitrogens with one attached hydrogen (secondary N) is 1. The van der Waals surface area contributed by atoms with Gasteiger partial charge in [0.15, 0.2) is 11.4 Å². The normalized spacial score (nSPS) is 16.4. The number of H-pyrrole nitrogens is 1. The molecule has 0 aliphatic carbocycles. The van der Waals surface area contributed by atoms with E-state index in [-0.39, 0.29) is 18.7 Å². The average Bonchev–Trinajstić information content (AvgIpc) is 3.31. The van der Waals surface area contributed by atoms with Gasteiger partial charge in [0.1, 0.15) is 6.09 Å². The highest BCUT2D eigenvalue weighted by molar-refractivity contribution is 5.98. The first kappa shape index (κ1) is 27.2. The molecule has 208 valence electrons. The van der Waals surface area contributed by atoms with Gasteiger partial charge in [0.05, 0.1) is 11.1 Å². The molecule has 1 amide bonds. The van der Waals surface area contributed by atoms with Crippen molar-refractivity contribution in [3.05, 3.63) is 94.0 Å². The third kappa shape index (κ3) is 5.94. The number of carbonyl (C=O) groups excluding carboxylic acids is 2. The summed E-state index contributed by atoms with van der Waals surface area (Å²) in [5, 5.41) is 11.9. The van der Waals surface area contributed by atoms with Crippen LogP contribution in [-0.2, 0) is 12.6 Å². The molecule has 1 N–H and O–H groups in total. The Kier molecular flexibility index (Phi) is 7.49. The Morgan fingerprint density at radius 2 is 1.77 bits per heavy atom. The molecule has 1 fully saturated rings. The van der Waals surface area contributed by atoms with Crippen molar-refractivity contribution >= 4 is 23.0 Å². The van der Waals surface area contributed by atoms with Gasteiger partial charge in [-0.3, -0.25) is 14.7 Å². The molecule has 0 spiro atoms. The SMILES string of the molecule is O=C(CCN1CCN(C(=O)[O-])C(Cc2ccccc2-c2ccc(C(F)(F)F)cc2)C1)c1ccc2[nH]c(=O)oc2c1. The van der Waals surface area contributed by atoms with Gasteiger partial charge in [0.2, 0.25) is 0 Å². The molecule has 0 saturated carbocycles. The number of benzene rings is 3. The zero-order chi connectivity index (χ0) is 28.4. The van der Waals surface area contributed by atoms with Crippen LogP contribution in [0.25, 0.3) is 22.2 Å². The second-order valence-corrected chi connectivity index (χ2v) is 9.75. The van der Waals surface area contributed by atoms with E-state index in [1.54, 1.807) is 30.3 Å². The summed E-state index contributed by atoms with van der Waals surface area (Å²) in [6.45, 7) is 1.37. The van der Waals surface area contributed by atoms with Gasteiger partial charge in [-0.1, -0.05) is 36.4 Å². The molecule has 5 rings (SSSR count). The lowest BCUT2D eigenvalue weighted by atomic mass is 9.93. The fourth-order valence-electron chi connectivity index (χ4n) is 5.13. The molecule has 0 bridgehead atoms. The Hall–Kier alpha value is -4.38. The molecule has 1 unspecified atom stereocenters.